The number of hydrogen-bond donors (Lipinski definition) is 1. The standard InChI is InChI=1S/C13H16IN3/c1-2-15-7-13-9-17(10-16-13)8-11-3-5-12(14)6-4-11/h3-6,9-10,15H,2,7-8H2,1H3. The van der Waals surface area contributed by atoms with Crippen LogP contribution >= 0.6 is 22.6 Å². The first kappa shape index (κ1) is 12.6. The van der Waals surface area contributed by atoms with Crippen LogP contribution < -0.4 is 5.32 Å². The van der Waals surface area contributed by atoms with E-state index in [0.717, 1.165) is 25.3 Å². The van der Waals surface area contributed by atoms with E-state index in [2.05, 4.69) is 74.8 Å². The molecular weight excluding hydrogens is 325 g/mol. The van der Waals surface area contributed by atoms with E-state index in [9.17, 15) is 0 Å². The maximum atomic E-state index is 4.37. The van der Waals surface area contributed by atoms with Gasteiger partial charge in [-0.2, -0.15) is 0 Å². The van der Waals surface area contributed by atoms with Crippen molar-refractivity contribution in [2.24, 2.45) is 0 Å². The molecular formula is C13H16IN3. The van der Waals surface area contributed by atoms with Crippen LogP contribution in [0.4, 0.5) is 0 Å². The van der Waals surface area contributed by atoms with Crippen molar-refractivity contribution in [2.75, 3.05) is 6.54 Å². The van der Waals surface area contributed by atoms with Crippen molar-refractivity contribution in [1.82, 2.24) is 14.9 Å². The second-order valence-corrected chi connectivity index (χ2v) is 5.19. The highest BCUT2D eigenvalue weighted by atomic mass is 127. The third-order valence-electron chi connectivity index (χ3n) is 2.52. The zero-order valence-corrected chi connectivity index (χ0v) is 12.0. The zero-order chi connectivity index (χ0) is 12.1. The van der Waals surface area contributed by atoms with Crippen LogP contribution in [0.1, 0.15) is 18.2 Å². The number of imidazole rings is 1. The Balaban J connectivity index is 1.98. The van der Waals surface area contributed by atoms with Crippen LogP contribution in [-0.2, 0) is 13.1 Å². The van der Waals surface area contributed by atoms with Gasteiger partial charge in [-0.05, 0) is 46.8 Å². The van der Waals surface area contributed by atoms with Gasteiger partial charge < -0.3 is 9.88 Å². The highest BCUT2D eigenvalue weighted by Gasteiger charge is 1.99. The van der Waals surface area contributed by atoms with Gasteiger partial charge in [-0.1, -0.05) is 19.1 Å². The molecule has 4 heteroatoms. The summed E-state index contributed by atoms with van der Waals surface area (Å²) in [7, 11) is 0. The monoisotopic (exact) mass is 341 g/mol. The highest BCUT2D eigenvalue weighted by molar-refractivity contribution is 14.1. The van der Waals surface area contributed by atoms with Crippen LogP contribution in [0, 0.1) is 3.57 Å². The lowest BCUT2D eigenvalue weighted by molar-refractivity contribution is 0.712. The fourth-order valence-corrected chi connectivity index (χ4v) is 2.00. The predicted molar refractivity (Wildman–Crippen MR) is 77.9 cm³/mol. The SMILES string of the molecule is CCNCc1cn(Cc2ccc(I)cc2)cn1. The average molecular weight is 341 g/mol. The van der Waals surface area contributed by atoms with E-state index in [4.69, 9.17) is 0 Å². The smallest absolute Gasteiger partial charge is 0.0953 e. The largest absolute Gasteiger partial charge is 0.333 e. The Bertz CT molecular complexity index is 462. The summed E-state index contributed by atoms with van der Waals surface area (Å²) in [6, 6.07) is 8.58. The molecule has 0 unspecified atom stereocenters. The normalized spacial score (nSPS) is 10.7. The average Bonchev–Trinajstić information content (AvgIpc) is 2.77. The first-order valence-electron chi connectivity index (χ1n) is 5.73. The Morgan fingerprint density at radius 3 is 2.76 bits per heavy atom. The van der Waals surface area contributed by atoms with Crippen LogP contribution in [0.3, 0.4) is 0 Å². The molecule has 1 aromatic heterocycles. The molecule has 2 aromatic rings. The van der Waals surface area contributed by atoms with E-state index in [1.807, 2.05) is 6.33 Å². The van der Waals surface area contributed by atoms with E-state index in [0.29, 0.717) is 0 Å². The lowest BCUT2D eigenvalue weighted by Gasteiger charge is -2.02. The van der Waals surface area contributed by atoms with E-state index in [1.54, 1.807) is 0 Å². The Morgan fingerprint density at radius 1 is 1.29 bits per heavy atom. The quantitative estimate of drug-likeness (QED) is 0.848. The molecule has 3 nitrogen and oxygen atoms in total. The third kappa shape index (κ3) is 3.81. The fourth-order valence-electron chi connectivity index (χ4n) is 1.64. The minimum absolute atomic E-state index is 0.843. The van der Waals surface area contributed by atoms with Gasteiger partial charge in [0.2, 0.25) is 0 Å². The predicted octanol–water partition coefficient (Wildman–Crippen LogP) is 2.65. The van der Waals surface area contributed by atoms with Gasteiger partial charge in [0.15, 0.2) is 0 Å². The molecule has 0 fully saturated rings. The van der Waals surface area contributed by atoms with Crippen molar-refractivity contribution >= 4 is 22.6 Å². The summed E-state index contributed by atoms with van der Waals surface area (Å²) in [5.74, 6) is 0. The maximum absolute atomic E-state index is 4.37. The molecule has 0 amide bonds. The summed E-state index contributed by atoms with van der Waals surface area (Å²) in [6.07, 6.45) is 3.99. The number of halogens is 1. The van der Waals surface area contributed by atoms with Crippen LogP contribution in [0.15, 0.2) is 36.8 Å². The Morgan fingerprint density at radius 2 is 2.06 bits per heavy atom. The summed E-state index contributed by atoms with van der Waals surface area (Å²) in [5, 5.41) is 3.27. The number of hydrogen-bond acceptors (Lipinski definition) is 2. The molecule has 1 aromatic carbocycles. The van der Waals surface area contributed by atoms with E-state index in [1.165, 1.54) is 9.13 Å². The molecule has 1 heterocycles. The molecule has 0 bridgehead atoms. The first-order chi connectivity index (χ1) is 8.28. The van der Waals surface area contributed by atoms with Gasteiger partial charge in [-0.3, -0.25) is 0 Å². The molecule has 2 rings (SSSR count). The molecule has 0 atom stereocenters. The lowest BCUT2D eigenvalue weighted by atomic mass is 10.2. The molecule has 1 N–H and O–H groups in total. The van der Waals surface area contributed by atoms with Gasteiger partial charge in [0.1, 0.15) is 0 Å². The van der Waals surface area contributed by atoms with Gasteiger partial charge in [0, 0.05) is 22.9 Å². The van der Waals surface area contributed by atoms with Gasteiger partial charge in [-0.25, -0.2) is 4.98 Å². The number of benzene rings is 1. The van der Waals surface area contributed by atoms with Crippen molar-refractivity contribution < 1.29 is 0 Å². The summed E-state index contributed by atoms with van der Waals surface area (Å²) < 4.78 is 3.39. The van der Waals surface area contributed by atoms with E-state index < -0.39 is 0 Å². The van der Waals surface area contributed by atoms with Crippen molar-refractivity contribution in [1.29, 1.82) is 0 Å². The topological polar surface area (TPSA) is 29.9 Å². The Kier molecular flexibility index (Phi) is 4.56. The van der Waals surface area contributed by atoms with Crippen LogP contribution in [0.25, 0.3) is 0 Å². The number of rotatable bonds is 5. The second kappa shape index (κ2) is 6.16. The van der Waals surface area contributed by atoms with E-state index >= 15 is 0 Å². The van der Waals surface area contributed by atoms with Gasteiger partial charge >= 0.3 is 0 Å². The molecule has 0 aliphatic rings. The van der Waals surface area contributed by atoms with E-state index in [-0.39, 0.29) is 0 Å². The van der Waals surface area contributed by atoms with Crippen LogP contribution in [0.2, 0.25) is 0 Å². The van der Waals surface area contributed by atoms with Gasteiger partial charge in [-0.15, -0.1) is 0 Å². The third-order valence-corrected chi connectivity index (χ3v) is 3.24. The molecule has 0 aliphatic heterocycles. The zero-order valence-electron chi connectivity index (χ0n) is 9.86. The van der Waals surface area contributed by atoms with Crippen molar-refractivity contribution in [3.05, 3.63) is 51.6 Å². The minimum atomic E-state index is 0.843. The number of nitrogens with zero attached hydrogens (tertiary/aromatic N) is 2. The number of nitrogens with one attached hydrogen (secondary N) is 1. The molecule has 17 heavy (non-hydrogen) atoms. The summed E-state index contributed by atoms with van der Waals surface area (Å²) >= 11 is 2.32. The molecule has 0 saturated heterocycles. The summed E-state index contributed by atoms with van der Waals surface area (Å²) in [6.45, 7) is 4.80. The molecule has 0 spiro atoms. The van der Waals surface area contributed by atoms with Crippen molar-refractivity contribution in [3.63, 3.8) is 0 Å². The number of aromatic nitrogens is 2. The van der Waals surface area contributed by atoms with Crippen LogP contribution in [-0.4, -0.2) is 16.1 Å². The van der Waals surface area contributed by atoms with Crippen molar-refractivity contribution in [2.45, 2.75) is 20.0 Å². The van der Waals surface area contributed by atoms with Crippen LogP contribution in [0.5, 0.6) is 0 Å². The Labute approximate surface area is 115 Å². The second-order valence-electron chi connectivity index (χ2n) is 3.94. The fraction of sp³-hybridized carbons (Fsp3) is 0.308. The summed E-state index contributed by atoms with van der Waals surface area (Å²) in [4.78, 5) is 4.37. The summed E-state index contributed by atoms with van der Waals surface area (Å²) in [5.41, 5.74) is 2.40. The van der Waals surface area contributed by atoms with Gasteiger partial charge in [0.05, 0.1) is 12.0 Å². The highest BCUT2D eigenvalue weighted by Crippen LogP contribution is 2.08. The van der Waals surface area contributed by atoms with Gasteiger partial charge in [0.25, 0.3) is 0 Å². The molecule has 0 saturated carbocycles. The molecule has 90 valence electrons. The Hall–Kier alpha value is -0.880. The first-order valence-corrected chi connectivity index (χ1v) is 6.81. The molecule has 0 radical (unpaired) electrons. The maximum Gasteiger partial charge on any atom is 0.0953 e. The van der Waals surface area contributed by atoms with Crippen molar-refractivity contribution in [3.8, 4) is 0 Å². The lowest BCUT2D eigenvalue weighted by Crippen LogP contribution is -2.11. The molecule has 0 aliphatic carbocycles. The minimum Gasteiger partial charge on any atom is -0.333 e.